The standard InChI is InChI=1S/C11H13NO2.C7H6O.C6H15N.C4H9NO2.CH4.ClH/c1-2-14-11(13)9-12-8-10-6-4-3-5-7-10;8-6-7-4-2-1-3-5-7;1-4-7(5-2)6-3;1-2-7-4(6)3-5;;/h3-8H,2,9H2,1H3;1-6H;4-6H2,1-3H3;2-3,5H2,1H3;1H4;1H. The number of hydrogen-bond donors (Lipinski definition) is 1. The third-order valence-electron chi connectivity index (χ3n) is 4.31. The van der Waals surface area contributed by atoms with Crippen LogP contribution in [0.4, 0.5) is 0 Å². The first kappa shape index (κ1) is 42.0. The van der Waals surface area contributed by atoms with Gasteiger partial charge in [-0.25, -0.2) is 0 Å². The van der Waals surface area contributed by atoms with Crippen molar-refractivity contribution < 1.29 is 23.9 Å². The summed E-state index contributed by atoms with van der Waals surface area (Å²) in [6.07, 6.45) is 2.50. The number of esters is 2. The van der Waals surface area contributed by atoms with Gasteiger partial charge < -0.3 is 20.1 Å². The molecule has 0 aliphatic carbocycles. The Labute approximate surface area is 236 Å². The molecule has 0 spiro atoms. The van der Waals surface area contributed by atoms with E-state index in [4.69, 9.17) is 10.5 Å². The molecule has 0 amide bonds. The van der Waals surface area contributed by atoms with Crippen molar-refractivity contribution in [3.05, 3.63) is 71.8 Å². The molecule has 0 heterocycles. The fourth-order valence-corrected chi connectivity index (χ4v) is 2.39. The second-order valence-corrected chi connectivity index (χ2v) is 6.84. The Morgan fingerprint density at radius 3 is 1.50 bits per heavy atom. The minimum atomic E-state index is -0.345. The molecule has 0 aliphatic rings. The molecular weight excluding hydrogens is 506 g/mol. The van der Waals surface area contributed by atoms with Crippen LogP contribution in [-0.4, -0.2) is 75.3 Å². The maximum Gasteiger partial charge on any atom is 0.327 e. The lowest BCUT2D eigenvalue weighted by Crippen LogP contribution is -2.21. The van der Waals surface area contributed by atoms with Crippen LogP contribution in [0.15, 0.2) is 65.7 Å². The number of aldehydes is 1. The molecule has 0 radical (unpaired) electrons. The Morgan fingerprint density at radius 1 is 0.789 bits per heavy atom. The van der Waals surface area contributed by atoms with Gasteiger partial charge in [-0.2, -0.15) is 0 Å². The molecule has 2 rings (SSSR count). The van der Waals surface area contributed by atoms with Crippen LogP contribution in [0.5, 0.6) is 0 Å². The fraction of sp³-hybridized carbons (Fsp3) is 0.448. The molecule has 38 heavy (non-hydrogen) atoms. The predicted molar refractivity (Wildman–Crippen MR) is 160 cm³/mol. The van der Waals surface area contributed by atoms with E-state index >= 15 is 0 Å². The molecule has 0 unspecified atom stereocenters. The highest BCUT2D eigenvalue weighted by atomic mass is 35.5. The Balaban J connectivity index is -0.000000210. The molecule has 9 heteroatoms. The zero-order chi connectivity index (χ0) is 27.4. The summed E-state index contributed by atoms with van der Waals surface area (Å²) >= 11 is 0. The monoisotopic (exact) mass is 553 g/mol. The van der Waals surface area contributed by atoms with Crippen molar-refractivity contribution in [1.82, 2.24) is 4.90 Å². The van der Waals surface area contributed by atoms with Gasteiger partial charge in [-0.15, -0.1) is 12.4 Å². The van der Waals surface area contributed by atoms with Crippen LogP contribution in [0, 0.1) is 0 Å². The van der Waals surface area contributed by atoms with E-state index in [1.165, 1.54) is 19.6 Å². The molecule has 2 aromatic rings. The predicted octanol–water partition coefficient (Wildman–Crippen LogP) is 5.08. The van der Waals surface area contributed by atoms with E-state index in [1.807, 2.05) is 48.5 Å². The minimum Gasteiger partial charge on any atom is -0.465 e. The second-order valence-electron chi connectivity index (χ2n) is 6.84. The normalized spacial score (nSPS) is 9.03. The molecule has 216 valence electrons. The molecule has 2 N–H and O–H groups in total. The van der Waals surface area contributed by atoms with E-state index in [9.17, 15) is 14.4 Å². The van der Waals surface area contributed by atoms with Crippen molar-refractivity contribution in [2.45, 2.75) is 42.0 Å². The van der Waals surface area contributed by atoms with Crippen molar-refractivity contribution >= 4 is 36.8 Å². The summed E-state index contributed by atoms with van der Waals surface area (Å²) in [5, 5.41) is 0. The summed E-state index contributed by atoms with van der Waals surface area (Å²) in [5.74, 6) is -0.637. The smallest absolute Gasteiger partial charge is 0.327 e. The van der Waals surface area contributed by atoms with Gasteiger partial charge in [0.05, 0.1) is 19.8 Å². The van der Waals surface area contributed by atoms with Crippen LogP contribution in [0.25, 0.3) is 0 Å². The fourth-order valence-electron chi connectivity index (χ4n) is 2.39. The van der Waals surface area contributed by atoms with Crippen molar-refractivity contribution in [3.8, 4) is 0 Å². The van der Waals surface area contributed by atoms with Crippen LogP contribution in [0.2, 0.25) is 0 Å². The van der Waals surface area contributed by atoms with Gasteiger partial charge >= 0.3 is 11.9 Å². The number of carbonyl (C=O) groups excluding carboxylic acids is 3. The molecule has 0 saturated heterocycles. The lowest BCUT2D eigenvalue weighted by molar-refractivity contribution is -0.142. The quantitative estimate of drug-likeness (QED) is 0.248. The first-order valence-corrected chi connectivity index (χ1v) is 12.2. The molecule has 2 aromatic carbocycles. The summed E-state index contributed by atoms with van der Waals surface area (Å²) in [6, 6.07) is 18.7. The van der Waals surface area contributed by atoms with E-state index in [0.717, 1.165) is 17.4 Å². The van der Waals surface area contributed by atoms with Crippen LogP contribution in [-0.2, 0) is 19.1 Å². The summed E-state index contributed by atoms with van der Waals surface area (Å²) in [7, 11) is 0. The Hall–Kier alpha value is -3.07. The maximum absolute atomic E-state index is 10.9. The zero-order valence-electron chi connectivity index (χ0n) is 22.8. The molecule has 0 fully saturated rings. The number of carbonyl (C=O) groups is 3. The number of nitrogens with two attached hydrogens (primary N) is 1. The number of nitrogens with zero attached hydrogens (tertiary/aromatic N) is 2. The lowest BCUT2D eigenvalue weighted by Gasteiger charge is -2.13. The third-order valence-corrected chi connectivity index (χ3v) is 4.31. The molecule has 0 atom stereocenters. The van der Waals surface area contributed by atoms with Crippen molar-refractivity contribution in [1.29, 1.82) is 0 Å². The van der Waals surface area contributed by atoms with Crippen LogP contribution in [0.3, 0.4) is 0 Å². The molecular formula is C29H48ClN3O5. The summed E-state index contributed by atoms with van der Waals surface area (Å²) in [4.78, 5) is 37.3. The highest BCUT2D eigenvalue weighted by Gasteiger charge is 1.96. The van der Waals surface area contributed by atoms with E-state index < -0.39 is 0 Å². The van der Waals surface area contributed by atoms with E-state index in [2.05, 4.69) is 35.4 Å². The number of benzene rings is 2. The Kier molecular flexibility index (Phi) is 35.4. The van der Waals surface area contributed by atoms with E-state index in [0.29, 0.717) is 13.2 Å². The number of hydrogen-bond acceptors (Lipinski definition) is 8. The molecule has 0 aliphatic heterocycles. The molecule has 0 saturated carbocycles. The van der Waals surface area contributed by atoms with E-state index in [-0.39, 0.29) is 44.9 Å². The molecule has 8 nitrogen and oxygen atoms in total. The van der Waals surface area contributed by atoms with Gasteiger partial charge in [0.25, 0.3) is 0 Å². The van der Waals surface area contributed by atoms with Crippen LogP contribution in [0.1, 0.15) is 58.0 Å². The van der Waals surface area contributed by atoms with E-state index in [1.54, 1.807) is 32.2 Å². The lowest BCUT2D eigenvalue weighted by atomic mass is 10.2. The Bertz CT molecular complexity index is 812. The maximum atomic E-state index is 10.9. The van der Waals surface area contributed by atoms with Crippen LogP contribution < -0.4 is 5.73 Å². The van der Waals surface area contributed by atoms with Gasteiger partial charge in [0.2, 0.25) is 0 Å². The van der Waals surface area contributed by atoms with Gasteiger partial charge in [-0.05, 0) is 39.0 Å². The van der Waals surface area contributed by atoms with Gasteiger partial charge in [-0.1, -0.05) is 88.9 Å². The molecule has 0 aromatic heterocycles. The van der Waals surface area contributed by atoms with Crippen molar-refractivity contribution in [3.63, 3.8) is 0 Å². The first-order chi connectivity index (χ1) is 17.4. The highest BCUT2D eigenvalue weighted by molar-refractivity contribution is 5.85. The summed E-state index contributed by atoms with van der Waals surface area (Å²) < 4.78 is 9.15. The van der Waals surface area contributed by atoms with Gasteiger partial charge in [0.15, 0.2) is 0 Å². The third kappa shape index (κ3) is 27.5. The zero-order valence-corrected chi connectivity index (χ0v) is 23.6. The summed E-state index contributed by atoms with van der Waals surface area (Å²) in [5.41, 5.74) is 6.60. The average molecular weight is 554 g/mol. The topological polar surface area (TPSA) is 111 Å². The van der Waals surface area contributed by atoms with Crippen LogP contribution >= 0.6 is 12.4 Å². The van der Waals surface area contributed by atoms with Gasteiger partial charge in [-0.3, -0.25) is 19.4 Å². The largest absolute Gasteiger partial charge is 0.465 e. The van der Waals surface area contributed by atoms with Crippen molar-refractivity contribution in [2.24, 2.45) is 10.7 Å². The summed E-state index contributed by atoms with van der Waals surface area (Å²) in [6.45, 7) is 14.5. The number of ether oxygens (including phenoxy) is 2. The first-order valence-electron chi connectivity index (χ1n) is 12.2. The number of aliphatic imine (C=N–C) groups is 1. The second kappa shape index (κ2) is 32.0. The van der Waals surface area contributed by atoms with Gasteiger partial charge in [0.1, 0.15) is 12.8 Å². The molecule has 0 bridgehead atoms. The minimum absolute atomic E-state index is 0. The average Bonchev–Trinajstić information content (AvgIpc) is 2.92. The SMILES string of the molecule is C.CCN(CC)CC.CCOC(=O)CN.CCOC(=O)CN=Cc1ccccc1.Cl.O=Cc1ccccc1. The Morgan fingerprint density at radius 2 is 1.21 bits per heavy atom. The highest BCUT2D eigenvalue weighted by Crippen LogP contribution is 1.94. The number of rotatable bonds is 10. The van der Waals surface area contributed by atoms with Gasteiger partial charge in [0, 0.05) is 11.8 Å². The number of halogens is 1. The van der Waals surface area contributed by atoms with Crippen molar-refractivity contribution in [2.75, 3.05) is 45.9 Å².